The number of fused-ring (bicyclic) bond motifs is 1. The van der Waals surface area contributed by atoms with Crippen molar-refractivity contribution in [1.82, 2.24) is 0 Å². The number of benzene rings is 1. The lowest BCUT2D eigenvalue weighted by Gasteiger charge is -2.08. The third-order valence-corrected chi connectivity index (χ3v) is 3.38. The second-order valence-electron chi connectivity index (χ2n) is 4.73. The maximum Gasteiger partial charge on any atom is 0.339 e. The number of aromatic hydroxyl groups is 1. The van der Waals surface area contributed by atoms with Crippen LogP contribution in [0.1, 0.15) is 36.5 Å². The Morgan fingerprint density at radius 2 is 2.00 bits per heavy atom. The first-order valence-corrected chi connectivity index (χ1v) is 6.30. The molecular formula is C15H18O3. The van der Waals surface area contributed by atoms with Gasteiger partial charge in [0.2, 0.25) is 0 Å². The molecule has 0 saturated carbocycles. The number of hydrogen-bond acceptors (Lipinski definition) is 3. The van der Waals surface area contributed by atoms with Gasteiger partial charge in [-0.1, -0.05) is 13.3 Å². The normalized spacial score (nSPS) is 11.1. The van der Waals surface area contributed by atoms with Crippen LogP contribution in [0.2, 0.25) is 0 Å². The SMILES string of the molecule is CCCCc1c(C)c2cc(O)c(C)cc2oc1=O. The van der Waals surface area contributed by atoms with Gasteiger partial charge in [-0.2, -0.15) is 0 Å². The van der Waals surface area contributed by atoms with E-state index in [-0.39, 0.29) is 11.4 Å². The molecule has 0 unspecified atom stereocenters. The van der Waals surface area contributed by atoms with Gasteiger partial charge in [0, 0.05) is 10.9 Å². The van der Waals surface area contributed by atoms with E-state index in [1.165, 1.54) is 0 Å². The van der Waals surface area contributed by atoms with Gasteiger partial charge < -0.3 is 9.52 Å². The molecule has 0 aliphatic heterocycles. The third-order valence-electron chi connectivity index (χ3n) is 3.38. The molecular weight excluding hydrogens is 228 g/mol. The third kappa shape index (κ3) is 2.13. The number of hydrogen-bond donors (Lipinski definition) is 1. The molecule has 0 bridgehead atoms. The van der Waals surface area contributed by atoms with Crippen LogP contribution in [0.5, 0.6) is 5.75 Å². The highest BCUT2D eigenvalue weighted by atomic mass is 16.4. The van der Waals surface area contributed by atoms with E-state index >= 15 is 0 Å². The molecule has 3 nitrogen and oxygen atoms in total. The summed E-state index contributed by atoms with van der Waals surface area (Å²) in [5.41, 5.74) is 2.66. The molecule has 1 heterocycles. The van der Waals surface area contributed by atoms with Crippen LogP contribution >= 0.6 is 0 Å². The Balaban J connectivity index is 2.69. The number of phenols is 1. The molecule has 0 spiro atoms. The molecule has 0 fully saturated rings. The summed E-state index contributed by atoms with van der Waals surface area (Å²) in [6.07, 6.45) is 2.74. The van der Waals surface area contributed by atoms with Crippen molar-refractivity contribution in [2.24, 2.45) is 0 Å². The van der Waals surface area contributed by atoms with E-state index in [0.717, 1.165) is 35.8 Å². The number of phenolic OH excluding ortho intramolecular Hbond substituents is 1. The van der Waals surface area contributed by atoms with Gasteiger partial charge in [0.05, 0.1) is 0 Å². The zero-order valence-corrected chi connectivity index (χ0v) is 11.0. The van der Waals surface area contributed by atoms with Crippen LogP contribution in [0.4, 0.5) is 0 Å². The average Bonchev–Trinajstić information content (AvgIpc) is 2.32. The summed E-state index contributed by atoms with van der Waals surface area (Å²) in [5, 5.41) is 10.6. The summed E-state index contributed by atoms with van der Waals surface area (Å²) in [4.78, 5) is 11.9. The molecule has 0 atom stereocenters. The molecule has 0 aliphatic carbocycles. The first kappa shape index (κ1) is 12.7. The molecule has 2 rings (SSSR count). The predicted molar refractivity (Wildman–Crippen MR) is 72.2 cm³/mol. The summed E-state index contributed by atoms with van der Waals surface area (Å²) in [6.45, 7) is 5.79. The number of rotatable bonds is 3. The standard InChI is InChI=1S/C15H18O3/c1-4-5-6-11-10(3)12-8-13(16)9(2)7-14(12)18-15(11)17/h7-8,16H,4-6H2,1-3H3. The minimum Gasteiger partial charge on any atom is -0.508 e. The van der Waals surface area contributed by atoms with Crippen LogP contribution in [0.3, 0.4) is 0 Å². The monoisotopic (exact) mass is 246 g/mol. The van der Waals surface area contributed by atoms with Crippen LogP contribution in [0.15, 0.2) is 21.3 Å². The first-order valence-electron chi connectivity index (χ1n) is 6.30. The summed E-state index contributed by atoms with van der Waals surface area (Å²) in [7, 11) is 0. The zero-order chi connectivity index (χ0) is 13.3. The fourth-order valence-corrected chi connectivity index (χ4v) is 2.17. The number of unbranched alkanes of at least 4 members (excludes halogenated alkanes) is 1. The Labute approximate surface area is 106 Å². The van der Waals surface area contributed by atoms with Gasteiger partial charge in [0.15, 0.2) is 0 Å². The first-order chi connectivity index (χ1) is 8.54. The second-order valence-corrected chi connectivity index (χ2v) is 4.73. The van der Waals surface area contributed by atoms with E-state index in [4.69, 9.17) is 4.42 Å². The lowest BCUT2D eigenvalue weighted by molar-refractivity contribution is 0.470. The lowest BCUT2D eigenvalue weighted by Crippen LogP contribution is -2.10. The molecule has 2 aromatic rings. The Hall–Kier alpha value is -1.77. The van der Waals surface area contributed by atoms with Crippen LogP contribution in [0, 0.1) is 13.8 Å². The van der Waals surface area contributed by atoms with E-state index in [0.29, 0.717) is 11.1 Å². The quantitative estimate of drug-likeness (QED) is 0.844. The molecule has 0 saturated heterocycles. The Morgan fingerprint density at radius 1 is 1.28 bits per heavy atom. The van der Waals surface area contributed by atoms with Gasteiger partial charge in [-0.05, 0) is 49.9 Å². The molecule has 1 N–H and O–H groups in total. The van der Waals surface area contributed by atoms with Crippen molar-refractivity contribution >= 4 is 11.0 Å². The Kier molecular flexibility index (Phi) is 3.41. The largest absolute Gasteiger partial charge is 0.508 e. The highest BCUT2D eigenvalue weighted by Gasteiger charge is 2.12. The second kappa shape index (κ2) is 4.84. The molecule has 0 radical (unpaired) electrons. The smallest absolute Gasteiger partial charge is 0.339 e. The van der Waals surface area contributed by atoms with E-state index in [1.54, 1.807) is 19.1 Å². The summed E-state index contributed by atoms with van der Waals surface area (Å²) < 4.78 is 5.34. The summed E-state index contributed by atoms with van der Waals surface area (Å²) >= 11 is 0. The van der Waals surface area contributed by atoms with Crippen LogP contribution in [-0.2, 0) is 6.42 Å². The highest BCUT2D eigenvalue weighted by molar-refractivity contribution is 5.83. The molecule has 18 heavy (non-hydrogen) atoms. The van der Waals surface area contributed by atoms with E-state index in [2.05, 4.69) is 6.92 Å². The fourth-order valence-electron chi connectivity index (χ4n) is 2.17. The van der Waals surface area contributed by atoms with Crippen molar-refractivity contribution in [2.45, 2.75) is 40.0 Å². The van der Waals surface area contributed by atoms with Gasteiger partial charge >= 0.3 is 5.63 Å². The van der Waals surface area contributed by atoms with E-state index in [1.807, 2.05) is 6.92 Å². The van der Waals surface area contributed by atoms with Crippen molar-refractivity contribution in [2.75, 3.05) is 0 Å². The molecule has 1 aromatic carbocycles. The van der Waals surface area contributed by atoms with Gasteiger partial charge in [-0.3, -0.25) is 0 Å². The van der Waals surface area contributed by atoms with Crippen molar-refractivity contribution in [1.29, 1.82) is 0 Å². The topological polar surface area (TPSA) is 50.4 Å². The molecule has 1 aromatic heterocycles. The maximum absolute atomic E-state index is 11.9. The van der Waals surface area contributed by atoms with Gasteiger partial charge in [0.1, 0.15) is 11.3 Å². The van der Waals surface area contributed by atoms with E-state index in [9.17, 15) is 9.90 Å². The zero-order valence-electron chi connectivity index (χ0n) is 11.0. The van der Waals surface area contributed by atoms with E-state index < -0.39 is 0 Å². The van der Waals surface area contributed by atoms with Crippen LogP contribution in [0.25, 0.3) is 11.0 Å². The maximum atomic E-state index is 11.9. The van der Waals surface area contributed by atoms with Crippen molar-refractivity contribution in [3.05, 3.63) is 39.2 Å². The van der Waals surface area contributed by atoms with Crippen LogP contribution < -0.4 is 5.63 Å². The Bertz CT molecular complexity index is 638. The van der Waals surface area contributed by atoms with Crippen LogP contribution in [-0.4, -0.2) is 5.11 Å². The minimum absolute atomic E-state index is 0.237. The van der Waals surface area contributed by atoms with Gasteiger partial charge in [0.25, 0.3) is 0 Å². The fraction of sp³-hybridized carbons (Fsp3) is 0.400. The summed E-state index contributed by atoms with van der Waals surface area (Å²) in [6, 6.07) is 3.39. The molecule has 0 aliphatic rings. The van der Waals surface area contributed by atoms with Crippen molar-refractivity contribution in [3.8, 4) is 5.75 Å². The predicted octanol–water partition coefficient (Wildman–Crippen LogP) is 3.46. The molecule has 3 heteroatoms. The number of aryl methyl sites for hydroxylation is 2. The molecule has 96 valence electrons. The molecule has 0 amide bonds. The van der Waals surface area contributed by atoms with Crippen molar-refractivity contribution < 1.29 is 9.52 Å². The van der Waals surface area contributed by atoms with Crippen molar-refractivity contribution in [3.63, 3.8) is 0 Å². The highest BCUT2D eigenvalue weighted by Crippen LogP contribution is 2.27. The Morgan fingerprint density at radius 3 is 2.67 bits per heavy atom. The van der Waals surface area contributed by atoms with Gasteiger partial charge in [-0.25, -0.2) is 4.79 Å². The minimum atomic E-state index is -0.251. The van der Waals surface area contributed by atoms with Gasteiger partial charge in [-0.15, -0.1) is 0 Å². The summed E-state index contributed by atoms with van der Waals surface area (Å²) in [5.74, 6) is 0.237. The lowest BCUT2D eigenvalue weighted by atomic mass is 10.0. The average molecular weight is 246 g/mol.